The first kappa shape index (κ1) is 16.4. The Bertz CT molecular complexity index is 278. The van der Waals surface area contributed by atoms with E-state index >= 15 is 0 Å². The number of aliphatic hydroxyl groups excluding tert-OH is 1. The van der Waals surface area contributed by atoms with E-state index in [-0.39, 0.29) is 17.4 Å². The van der Waals surface area contributed by atoms with Gasteiger partial charge in [-0.3, -0.25) is 9.69 Å². The monoisotopic (exact) mass is 270 g/mol. The first-order valence-electron chi connectivity index (χ1n) is 7.52. The summed E-state index contributed by atoms with van der Waals surface area (Å²) in [6.07, 6.45) is 4.40. The summed E-state index contributed by atoms with van der Waals surface area (Å²) in [4.78, 5) is 14.4. The van der Waals surface area contributed by atoms with E-state index in [2.05, 4.69) is 10.2 Å². The second-order valence-corrected chi connectivity index (χ2v) is 6.75. The van der Waals surface area contributed by atoms with Crippen LogP contribution in [0.2, 0.25) is 0 Å². The highest BCUT2D eigenvalue weighted by molar-refractivity contribution is 5.81. The van der Waals surface area contributed by atoms with Crippen LogP contribution < -0.4 is 5.32 Å². The first-order chi connectivity index (χ1) is 8.82. The number of nitrogens with one attached hydrogen (secondary N) is 1. The molecule has 4 heteroatoms. The average molecular weight is 270 g/mol. The van der Waals surface area contributed by atoms with E-state index in [1.807, 2.05) is 27.7 Å². The lowest BCUT2D eigenvalue weighted by molar-refractivity contribution is -0.126. The Kier molecular flexibility index (Phi) is 6.27. The van der Waals surface area contributed by atoms with Crippen molar-refractivity contribution in [3.63, 3.8) is 0 Å². The number of hydrogen-bond donors (Lipinski definition) is 2. The van der Waals surface area contributed by atoms with Gasteiger partial charge in [0.05, 0.1) is 12.1 Å². The Hall–Kier alpha value is -0.610. The summed E-state index contributed by atoms with van der Waals surface area (Å²) in [5.41, 5.74) is -0.195. The van der Waals surface area contributed by atoms with Crippen LogP contribution >= 0.6 is 0 Å². The largest absolute Gasteiger partial charge is 0.391 e. The topological polar surface area (TPSA) is 52.6 Å². The number of amides is 1. The highest BCUT2D eigenvalue weighted by atomic mass is 16.3. The van der Waals surface area contributed by atoms with Crippen molar-refractivity contribution in [1.82, 2.24) is 10.2 Å². The quantitative estimate of drug-likeness (QED) is 0.818. The Balaban J connectivity index is 2.39. The molecule has 0 aromatic rings. The van der Waals surface area contributed by atoms with Crippen molar-refractivity contribution in [3.05, 3.63) is 0 Å². The molecule has 2 N–H and O–H groups in total. The number of carbonyl (C=O) groups is 1. The number of rotatable bonds is 4. The maximum atomic E-state index is 12.1. The highest BCUT2D eigenvalue weighted by Gasteiger charge is 2.25. The fraction of sp³-hybridized carbons (Fsp3) is 0.933. The summed E-state index contributed by atoms with van der Waals surface area (Å²) < 4.78 is 0. The Labute approximate surface area is 117 Å². The molecule has 0 aromatic heterocycles. The second kappa shape index (κ2) is 7.25. The van der Waals surface area contributed by atoms with Gasteiger partial charge >= 0.3 is 0 Å². The summed E-state index contributed by atoms with van der Waals surface area (Å²) >= 11 is 0. The molecule has 112 valence electrons. The molecule has 0 bridgehead atoms. The Morgan fingerprint density at radius 2 is 1.74 bits per heavy atom. The number of likely N-dealkylation sites (tertiary alicyclic amines) is 1. The summed E-state index contributed by atoms with van der Waals surface area (Å²) in [6, 6.07) is -0.0923. The molecule has 1 fully saturated rings. The van der Waals surface area contributed by atoms with Gasteiger partial charge in [-0.1, -0.05) is 33.6 Å². The molecule has 1 rings (SSSR count). The van der Waals surface area contributed by atoms with Gasteiger partial charge in [-0.2, -0.15) is 0 Å². The van der Waals surface area contributed by atoms with Crippen molar-refractivity contribution in [2.24, 2.45) is 5.41 Å². The van der Waals surface area contributed by atoms with Crippen LogP contribution in [-0.2, 0) is 4.79 Å². The van der Waals surface area contributed by atoms with E-state index in [4.69, 9.17) is 0 Å². The lowest BCUT2D eigenvalue weighted by Crippen LogP contribution is -2.48. The predicted octanol–water partition coefficient (Wildman–Crippen LogP) is 1.77. The molecular weight excluding hydrogens is 240 g/mol. The van der Waals surface area contributed by atoms with Crippen LogP contribution in [0.25, 0.3) is 0 Å². The predicted molar refractivity (Wildman–Crippen MR) is 78.0 cm³/mol. The molecule has 0 spiro atoms. The van der Waals surface area contributed by atoms with Crippen LogP contribution in [0.1, 0.15) is 53.4 Å². The SMILES string of the molecule is CC(C(=O)NCC(O)C(C)(C)C)N1CCCCCC1. The molecule has 1 aliphatic rings. The van der Waals surface area contributed by atoms with E-state index in [9.17, 15) is 9.90 Å². The smallest absolute Gasteiger partial charge is 0.237 e. The van der Waals surface area contributed by atoms with Gasteiger partial charge in [0.25, 0.3) is 0 Å². The fourth-order valence-corrected chi connectivity index (χ4v) is 2.30. The lowest BCUT2D eigenvalue weighted by Gasteiger charge is -2.29. The minimum Gasteiger partial charge on any atom is -0.391 e. The van der Waals surface area contributed by atoms with Crippen LogP contribution in [0.3, 0.4) is 0 Å². The van der Waals surface area contributed by atoms with Crippen LogP contribution in [0.5, 0.6) is 0 Å². The highest BCUT2D eigenvalue weighted by Crippen LogP contribution is 2.18. The summed E-state index contributed by atoms with van der Waals surface area (Å²) in [5, 5.41) is 12.8. The zero-order valence-electron chi connectivity index (χ0n) is 12.9. The fourth-order valence-electron chi connectivity index (χ4n) is 2.30. The molecule has 0 saturated carbocycles. The van der Waals surface area contributed by atoms with E-state index in [1.54, 1.807) is 0 Å². The average Bonchev–Trinajstić information content (AvgIpc) is 2.62. The zero-order chi connectivity index (χ0) is 14.5. The van der Waals surface area contributed by atoms with Crippen molar-refractivity contribution in [2.75, 3.05) is 19.6 Å². The first-order valence-corrected chi connectivity index (χ1v) is 7.52. The maximum absolute atomic E-state index is 12.1. The second-order valence-electron chi connectivity index (χ2n) is 6.75. The van der Waals surface area contributed by atoms with Crippen molar-refractivity contribution < 1.29 is 9.90 Å². The number of carbonyl (C=O) groups excluding carboxylic acids is 1. The van der Waals surface area contributed by atoms with Crippen LogP contribution in [0, 0.1) is 5.41 Å². The molecule has 2 unspecified atom stereocenters. The third kappa shape index (κ3) is 5.49. The van der Waals surface area contributed by atoms with Gasteiger partial charge in [0.2, 0.25) is 5.91 Å². The minimum absolute atomic E-state index is 0.0326. The molecule has 1 amide bonds. The van der Waals surface area contributed by atoms with Crippen LogP contribution in [0.15, 0.2) is 0 Å². The van der Waals surface area contributed by atoms with E-state index in [0.717, 1.165) is 13.1 Å². The normalized spacial score (nSPS) is 21.5. The molecule has 1 heterocycles. The van der Waals surface area contributed by atoms with Crippen molar-refractivity contribution >= 4 is 5.91 Å². The minimum atomic E-state index is -0.507. The summed E-state index contributed by atoms with van der Waals surface area (Å²) in [7, 11) is 0. The van der Waals surface area contributed by atoms with Gasteiger partial charge in [-0.25, -0.2) is 0 Å². The number of hydrogen-bond acceptors (Lipinski definition) is 3. The van der Waals surface area contributed by atoms with Crippen molar-refractivity contribution in [2.45, 2.75) is 65.5 Å². The molecule has 0 radical (unpaired) electrons. The Morgan fingerprint density at radius 1 is 1.21 bits per heavy atom. The Morgan fingerprint density at radius 3 is 2.21 bits per heavy atom. The zero-order valence-corrected chi connectivity index (χ0v) is 12.9. The number of nitrogens with zero attached hydrogens (tertiary/aromatic N) is 1. The number of aliphatic hydroxyl groups is 1. The molecular formula is C15H30N2O2. The standard InChI is InChI=1S/C15H30N2O2/c1-12(17-9-7-5-6-8-10-17)14(19)16-11-13(18)15(2,3)4/h12-13,18H,5-11H2,1-4H3,(H,16,19). The molecule has 0 aromatic carbocycles. The summed E-state index contributed by atoms with van der Waals surface area (Å²) in [6.45, 7) is 10.2. The van der Waals surface area contributed by atoms with Gasteiger partial charge in [0, 0.05) is 6.54 Å². The molecule has 1 saturated heterocycles. The van der Waals surface area contributed by atoms with E-state index < -0.39 is 6.10 Å². The van der Waals surface area contributed by atoms with Gasteiger partial charge < -0.3 is 10.4 Å². The van der Waals surface area contributed by atoms with Gasteiger partial charge in [-0.05, 0) is 38.3 Å². The van der Waals surface area contributed by atoms with Gasteiger partial charge in [0.1, 0.15) is 0 Å². The van der Waals surface area contributed by atoms with Gasteiger partial charge in [0.15, 0.2) is 0 Å². The molecule has 1 aliphatic heterocycles. The third-order valence-corrected chi connectivity index (χ3v) is 4.04. The van der Waals surface area contributed by atoms with Crippen LogP contribution in [-0.4, -0.2) is 47.7 Å². The van der Waals surface area contributed by atoms with Crippen molar-refractivity contribution in [1.29, 1.82) is 0 Å². The lowest BCUT2D eigenvalue weighted by atomic mass is 9.89. The van der Waals surface area contributed by atoms with E-state index in [1.165, 1.54) is 25.7 Å². The maximum Gasteiger partial charge on any atom is 0.237 e. The van der Waals surface area contributed by atoms with Gasteiger partial charge in [-0.15, -0.1) is 0 Å². The molecule has 4 nitrogen and oxygen atoms in total. The summed E-state index contributed by atoms with van der Waals surface area (Å²) in [5.74, 6) is 0.0326. The molecule has 0 aliphatic carbocycles. The van der Waals surface area contributed by atoms with Crippen molar-refractivity contribution in [3.8, 4) is 0 Å². The van der Waals surface area contributed by atoms with E-state index in [0.29, 0.717) is 6.54 Å². The van der Waals surface area contributed by atoms with Crippen LogP contribution in [0.4, 0.5) is 0 Å². The third-order valence-electron chi connectivity index (χ3n) is 4.04. The molecule has 19 heavy (non-hydrogen) atoms. The molecule has 2 atom stereocenters.